The van der Waals surface area contributed by atoms with Crippen molar-refractivity contribution in [2.24, 2.45) is 5.92 Å². The zero-order valence-corrected chi connectivity index (χ0v) is 12.6. The topological polar surface area (TPSA) is 65.8 Å². The Morgan fingerprint density at radius 3 is 2.67 bits per heavy atom. The molecule has 2 fully saturated rings. The van der Waals surface area contributed by atoms with E-state index < -0.39 is 0 Å². The average Bonchev–Trinajstić information content (AvgIpc) is 3.14. The molecule has 0 spiro atoms. The van der Waals surface area contributed by atoms with Crippen molar-refractivity contribution in [1.29, 1.82) is 0 Å². The molecule has 2 aliphatic heterocycles. The van der Waals surface area contributed by atoms with Crippen molar-refractivity contribution < 1.29 is 14.0 Å². The average molecular weight is 291 g/mol. The van der Waals surface area contributed by atoms with Gasteiger partial charge in [-0.3, -0.25) is 14.5 Å². The number of likely N-dealkylation sites (N-methyl/N-ethyl adjacent to an activating group) is 2. The molecule has 2 saturated heterocycles. The van der Waals surface area contributed by atoms with Crippen LogP contribution in [0, 0.1) is 12.8 Å². The molecular weight excluding hydrogens is 270 g/mol. The Kier molecular flexibility index (Phi) is 3.49. The van der Waals surface area contributed by atoms with E-state index in [4.69, 9.17) is 4.42 Å². The van der Waals surface area contributed by atoms with Gasteiger partial charge in [0.25, 0.3) is 5.91 Å². The minimum atomic E-state index is -0.0758. The van der Waals surface area contributed by atoms with Crippen molar-refractivity contribution in [1.82, 2.24) is 15.1 Å². The Morgan fingerprint density at radius 2 is 2.10 bits per heavy atom. The summed E-state index contributed by atoms with van der Waals surface area (Å²) in [5, 5.41) is 2.71. The summed E-state index contributed by atoms with van der Waals surface area (Å²) in [6.07, 6.45) is 0.807. The molecule has 2 amide bonds. The van der Waals surface area contributed by atoms with Gasteiger partial charge in [0, 0.05) is 26.2 Å². The van der Waals surface area contributed by atoms with Crippen LogP contribution in [0.2, 0.25) is 0 Å². The van der Waals surface area contributed by atoms with E-state index in [1.165, 1.54) is 0 Å². The first-order chi connectivity index (χ1) is 10.0. The minimum absolute atomic E-state index is 0.0533. The van der Waals surface area contributed by atoms with Crippen molar-refractivity contribution in [3.8, 4) is 0 Å². The van der Waals surface area contributed by atoms with E-state index in [-0.39, 0.29) is 23.9 Å². The molecule has 2 aliphatic rings. The van der Waals surface area contributed by atoms with E-state index in [0.717, 1.165) is 12.2 Å². The third kappa shape index (κ3) is 2.33. The summed E-state index contributed by atoms with van der Waals surface area (Å²) < 4.78 is 5.41. The van der Waals surface area contributed by atoms with Crippen LogP contribution in [0.1, 0.15) is 22.7 Å². The smallest absolute Gasteiger partial charge is 0.289 e. The standard InChI is InChI=1S/C15H21N3O3/c1-9-4-5-13(21-9)15(20)18-7-10-6-11(14(19)16-2)17(3)12(10)8-18/h4-5,10-12H,6-8H2,1-3H3,(H,16,19)/t10-,11-,12+/m0/s1. The second-order valence-corrected chi connectivity index (χ2v) is 5.98. The molecule has 21 heavy (non-hydrogen) atoms. The molecule has 3 atom stereocenters. The fraction of sp³-hybridized carbons (Fsp3) is 0.600. The van der Waals surface area contributed by atoms with Crippen LogP contribution in [0.25, 0.3) is 0 Å². The maximum Gasteiger partial charge on any atom is 0.289 e. The van der Waals surface area contributed by atoms with Crippen LogP contribution < -0.4 is 5.32 Å². The van der Waals surface area contributed by atoms with Crippen LogP contribution in [0.15, 0.2) is 16.5 Å². The summed E-state index contributed by atoms with van der Waals surface area (Å²) in [4.78, 5) is 28.2. The number of nitrogens with zero attached hydrogens (tertiary/aromatic N) is 2. The van der Waals surface area contributed by atoms with E-state index in [1.54, 1.807) is 19.2 Å². The van der Waals surface area contributed by atoms with E-state index in [2.05, 4.69) is 10.2 Å². The van der Waals surface area contributed by atoms with Gasteiger partial charge in [-0.05, 0) is 38.4 Å². The molecule has 3 rings (SSSR count). The molecule has 1 N–H and O–H groups in total. The van der Waals surface area contributed by atoms with E-state index >= 15 is 0 Å². The number of furan rings is 1. The molecule has 0 saturated carbocycles. The first-order valence-corrected chi connectivity index (χ1v) is 7.30. The molecular formula is C15H21N3O3. The molecule has 1 aromatic rings. The predicted molar refractivity (Wildman–Crippen MR) is 76.9 cm³/mol. The lowest BCUT2D eigenvalue weighted by atomic mass is 10.0. The number of carbonyl (C=O) groups is 2. The second kappa shape index (κ2) is 5.18. The maximum absolute atomic E-state index is 12.4. The molecule has 6 heteroatoms. The lowest BCUT2D eigenvalue weighted by Crippen LogP contribution is -2.45. The second-order valence-electron chi connectivity index (χ2n) is 5.98. The lowest BCUT2D eigenvalue weighted by Gasteiger charge is -2.25. The molecule has 0 unspecified atom stereocenters. The number of amides is 2. The van der Waals surface area contributed by atoms with Crippen molar-refractivity contribution in [3.05, 3.63) is 23.7 Å². The van der Waals surface area contributed by atoms with Crippen LogP contribution in [0.5, 0.6) is 0 Å². The highest BCUT2D eigenvalue weighted by Crippen LogP contribution is 2.35. The number of likely N-dealkylation sites (tertiary alicyclic amines) is 2. The largest absolute Gasteiger partial charge is 0.456 e. The van der Waals surface area contributed by atoms with Crippen molar-refractivity contribution in [2.45, 2.75) is 25.4 Å². The summed E-state index contributed by atoms with van der Waals surface area (Å²) >= 11 is 0. The number of carbonyl (C=O) groups excluding carboxylic acids is 2. The first kappa shape index (κ1) is 14.1. The van der Waals surface area contributed by atoms with E-state index in [0.29, 0.717) is 24.8 Å². The van der Waals surface area contributed by atoms with Gasteiger partial charge in [-0.1, -0.05) is 0 Å². The Hall–Kier alpha value is -1.82. The fourth-order valence-corrected chi connectivity index (χ4v) is 3.56. The molecule has 114 valence electrons. The molecule has 0 bridgehead atoms. The van der Waals surface area contributed by atoms with E-state index in [1.807, 2.05) is 18.9 Å². The third-order valence-corrected chi connectivity index (χ3v) is 4.73. The highest BCUT2D eigenvalue weighted by molar-refractivity contribution is 5.92. The fourth-order valence-electron chi connectivity index (χ4n) is 3.56. The number of hydrogen-bond donors (Lipinski definition) is 1. The number of nitrogens with one attached hydrogen (secondary N) is 1. The van der Waals surface area contributed by atoms with Crippen molar-refractivity contribution in [2.75, 3.05) is 27.2 Å². The zero-order chi connectivity index (χ0) is 15.1. The predicted octanol–water partition coefficient (Wildman–Crippen LogP) is 0.479. The van der Waals surface area contributed by atoms with Gasteiger partial charge >= 0.3 is 0 Å². The number of hydrogen-bond acceptors (Lipinski definition) is 4. The van der Waals surface area contributed by atoms with Crippen LogP contribution in [-0.2, 0) is 4.79 Å². The van der Waals surface area contributed by atoms with Crippen LogP contribution >= 0.6 is 0 Å². The van der Waals surface area contributed by atoms with Gasteiger partial charge in [-0.15, -0.1) is 0 Å². The van der Waals surface area contributed by atoms with Crippen molar-refractivity contribution >= 4 is 11.8 Å². The molecule has 3 heterocycles. The summed E-state index contributed by atoms with van der Waals surface area (Å²) in [5.74, 6) is 1.51. The van der Waals surface area contributed by atoms with E-state index in [9.17, 15) is 9.59 Å². The van der Waals surface area contributed by atoms with Crippen LogP contribution in [0.4, 0.5) is 0 Å². The monoisotopic (exact) mass is 291 g/mol. The quantitative estimate of drug-likeness (QED) is 0.860. The molecule has 6 nitrogen and oxygen atoms in total. The van der Waals surface area contributed by atoms with Gasteiger partial charge < -0.3 is 14.6 Å². The number of fused-ring (bicyclic) bond motifs is 1. The molecule has 0 aliphatic carbocycles. The Labute approximate surface area is 124 Å². The highest BCUT2D eigenvalue weighted by Gasteiger charge is 2.48. The first-order valence-electron chi connectivity index (χ1n) is 7.30. The zero-order valence-electron chi connectivity index (χ0n) is 12.6. The Morgan fingerprint density at radius 1 is 1.33 bits per heavy atom. The van der Waals surface area contributed by atoms with Crippen LogP contribution in [0.3, 0.4) is 0 Å². The number of rotatable bonds is 2. The third-order valence-electron chi connectivity index (χ3n) is 4.73. The van der Waals surface area contributed by atoms with Gasteiger partial charge in [0.05, 0.1) is 6.04 Å². The molecule has 1 aromatic heterocycles. The SMILES string of the molecule is CNC(=O)[C@@H]1C[C@H]2CN(C(=O)c3ccc(C)o3)C[C@H]2N1C. The molecule has 0 aromatic carbocycles. The Balaban J connectivity index is 1.68. The van der Waals surface area contributed by atoms with Gasteiger partial charge in [-0.25, -0.2) is 0 Å². The summed E-state index contributed by atoms with van der Waals surface area (Å²) in [7, 11) is 3.63. The molecule has 0 radical (unpaired) electrons. The van der Waals surface area contributed by atoms with Crippen LogP contribution in [-0.4, -0.2) is 60.9 Å². The highest BCUT2D eigenvalue weighted by atomic mass is 16.3. The maximum atomic E-state index is 12.4. The van der Waals surface area contributed by atoms with Crippen molar-refractivity contribution in [3.63, 3.8) is 0 Å². The van der Waals surface area contributed by atoms with Gasteiger partial charge in [-0.2, -0.15) is 0 Å². The summed E-state index contributed by atoms with van der Waals surface area (Å²) in [6.45, 7) is 3.19. The lowest BCUT2D eigenvalue weighted by molar-refractivity contribution is -0.125. The summed E-state index contributed by atoms with van der Waals surface area (Å²) in [5.41, 5.74) is 0. The minimum Gasteiger partial charge on any atom is -0.456 e. The number of aryl methyl sites for hydroxylation is 1. The summed E-state index contributed by atoms with van der Waals surface area (Å²) in [6, 6.07) is 3.71. The Bertz CT molecular complexity index is 568. The normalized spacial score (nSPS) is 28.7. The van der Waals surface area contributed by atoms with Gasteiger partial charge in [0.1, 0.15) is 5.76 Å². The van der Waals surface area contributed by atoms with Gasteiger partial charge in [0.2, 0.25) is 5.91 Å². The van der Waals surface area contributed by atoms with Gasteiger partial charge in [0.15, 0.2) is 5.76 Å².